The van der Waals surface area contributed by atoms with Gasteiger partial charge in [-0.1, -0.05) is 30.3 Å². The summed E-state index contributed by atoms with van der Waals surface area (Å²) >= 11 is 0. The molecule has 0 spiro atoms. The van der Waals surface area contributed by atoms with Gasteiger partial charge in [0.2, 0.25) is 0 Å². The molecular weight excluding hydrogens is 129 g/mol. The molecule has 1 heterocycles. The summed E-state index contributed by atoms with van der Waals surface area (Å²) in [5.41, 5.74) is 0.620. The molecule has 0 bridgehead atoms. The molecule has 2 heteroatoms. The molecule has 1 aliphatic heterocycles. The van der Waals surface area contributed by atoms with Crippen molar-refractivity contribution in [2.45, 2.75) is 5.79 Å². The molecule has 0 saturated carbocycles. The Kier molecular flexibility index (Phi) is 0.926. The molecule has 1 aliphatic rings. The van der Waals surface area contributed by atoms with Crippen LogP contribution in [0.25, 0.3) is 0 Å². The molecule has 0 aromatic heterocycles. The molecule has 50 valence electrons. The van der Waals surface area contributed by atoms with Crippen molar-refractivity contribution in [1.82, 2.24) is 0 Å². The smallest absolute Gasteiger partial charge is 0.243 e. The molecule has 1 aromatic carbocycles. The van der Waals surface area contributed by atoms with E-state index in [1.165, 1.54) is 6.21 Å². The SMILES string of the molecule is FC1(c2ccccc2)C=N1. The highest BCUT2D eigenvalue weighted by Gasteiger charge is 2.38. The normalized spacial score (nSPS) is 28.5. The quantitative estimate of drug-likeness (QED) is 0.521. The summed E-state index contributed by atoms with van der Waals surface area (Å²) in [4.78, 5) is 3.51. The van der Waals surface area contributed by atoms with Gasteiger partial charge in [0.25, 0.3) is 5.79 Å². The van der Waals surface area contributed by atoms with Crippen LogP contribution in [0.15, 0.2) is 35.3 Å². The molecule has 0 saturated heterocycles. The lowest BCUT2D eigenvalue weighted by atomic mass is 10.1. The molecule has 2 rings (SSSR count). The van der Waals surface area contributed by atoms with Gasteiger partial charge < -0.3 is 0 Å². The summed E-state index contributed by atoms with van der Waals surface area (Å²) in [7, 11) is 0. The van der Waals surface area contributed by atoms with E-state index in [1.807, 2.05) is 6.07 Å². The van der Waals surface area contributed by atoms with E-state index >= 15 is 0 Å². The lowest BCUT2D eigenvalue weighted by Crippen LogP contribution is -2.00. The van der Waals surface area contributed by atoms with Gasteiger partial charge in [-0.25, -0.2) is 9.38 Å². The highest BCUT2D eigenvalue weighted by Crippen LogP contribution is 2.34. The van der Waals surface area contributed by atoms with Gasteiger partial charge in [-0.05, 0) is 0 Å². The predicted molar refractivity (Wildman–Crippen MR) is 37.7 cm³/mol. The number of hydrogen-bond donors (Lipinski definition) is 0. The van der Waals surface area contributed by atoms with E-state index in [2.05, 4.69) is 4.99 Å². The maximum Gasteiger partial charge on any atom is 0.260 e. The molecule has 0 aliphatic carbocycles. The molecule has 0 N–H and O–H groups in total. The van der Waals surface area contributed by atoms with Crippen molar-refractivity contribution in [1.29, 1.82) is 0 Å². The third-order valence-electron chi connectivity index (χ3n) is 1.53. The number of alkyl halides is 1. The van der Waals surface area contributed by atoms with Gasteiger partial charge in [-0.2, -0.15) is 0 Å². The van der Waals surface area contributed by atoms with Gasteiger partial charge in [0.15, 0.2) is 0 Å². The Morgan fingerprint density at radius 1 is 1.20 bits per heavy atom. The van der Waals surface area contributed by atoms with Crippen molar-refractivity contribution in [3.63, 3.8) is 0 Å². The van der Waals surface area contributed by atoms with Gasteiger partial charge in [-0.3, -0.25) is 0 Å². The highest BCUT2D eigenvalue weighted by atomic mass is 19.1. The molecule has 0 fully saturated rings. The molecule has 0 amide bonds. The monoisotopic (exact) mass is 135 g/mol. The van der Waals surface area contributed by atoms with E-state index in [0.717, 1.165) is 0 Å². The number of halogens is 1. The van der Waals surface area contributed by atoms with Gasteiger partial charge in [0, 0.05) is 5.56 Å². The van der Waals surface area contributed by atoms with Crippen LogP contribution in [0.3, 0.4) is 0 Å². The van der Waals surface area contributed by atoms with E-state index in [-0.39, 0.29) is 0 Å². The number of aliphatic imine (C=N–C) groups is 1. The maximum absolute atomic E-state index is 13.0. The third-order valence-corrected chi connectivity index (χ3v) is 1.53. The Morgan fingerprint density at radius 3 is 2.30 bits per heavy atom. The second-order valence-corrected chi connectivity index (χ2v) is 2.30. The van der Waals surface area contributed by atoms with Crippen molar-refractivity contribution in [3.05, 3.63) is 35.9 Å². The fraction of sp³-hybridized carbons (Fsp3) is 0.125. The Morgan fingerprint density at radius 2 is 1.80 bits per heavy atom. The first-order valence-electron chi connectivity index (χ1n) is 3.12. The summed E-state index contributed by atoms with van der Waals surface area (Å²) in [6.45, 7) is 0. The Balaban J connectivity index is 2.36. The third kappa shape index (κ3) is 0.727. The first kappa shape index (κ1) is 5.59. The highest BCUT2D eigenvalue weighted by molar-refractivity contribution is 5.83. The fourth-order valence-corrected chi connectivity index (χ4v) is 0.878. The molecule has 1 unspecified atom stereocenters. The zero-order chi connectivity index (χ0) is 7.03. The lowest BCUT2D eigenvalue weighted by Gasteiger charge is -2.00. The summed E-state index contributed by atoms with van der Waals surface area (Å²) in [6, 6.07) is 8.92. The van der Waals surface area contributed by atoms with Crippen molar-refractivity contribution < 1.29 is 4.39 Å². The van der Waals surface area contributed by atoms with Crippen LogP contribution in [0.1, 0.15) is 5.56 Å². The van der Waals surface area contributed by atoms with Crippen LogP contribution in [-0.2, 0) is 5.79 Å². The van der Waals surface area contributed by atoms with Crippen LogP contribution < -0.4 is 0 Å². The molecule has 10 heavy (non-hydrogen) atoms. The summed E-state index contributed by atoms with van der Waals surface area (Å²) in [5.74, 6) is -1.46. The van der Waals surface area contributed by atoms with Crippen molar-refractivity contribution >= 4 is 6.21 Å². The van der Waals surface area contributed by atoms with Crippen LogP contribution in [0.4, 0.5) is 4.39 Å². The zero-order valence-corrected chi connectivity index (χ0v) is 5.29. The second kappa shape index (κ2) is 1.66. The van der Waals surface area contributed by atoms with Crippen molar-refractivity contribution in [2.24, 2.45) is 4.99 Å². The molecule has 1 nitrogen and oxygen atoms in total. The number of rotatable bonds is 1. The minimum atomic E-state index is -1.46. The average molecular weight is 135 g/mol. The van der Waals surface area contributed by atoms with Crippen LogP contribution in [0, 0.1) is 0 Å². The molecular formula is C8H6FN. The summed E-state index contributed by atoms with van der Waals surface area (Å²) < 4.78 is 13.0. The average Bonchev–Trinajstić information content (AvgIpc) is 2.72. The minimum absolute atomic E-state index is 0.620. The van der Waals surface area contributed by atoms with Crippen molar-refractivity contribution in [3.8, 4) is 0 Å². The first-order valence-corrected chi connectivity index (χ1v) is 3.12. The number of nitrogens with zero attached hydrogens (tertiary/aromatic N) is 1. The standard InChI is InChI=1S/C8H6FN/c9-8(6-10-8)7-4-2-1-3-5-7/h1-6H. The van der Waals surface area contributed by atoms with Gasteiger partial charge in [-0.15, -0.1) is 0 Å². The van der Waals surface area contributed by atoms with E-state index < -0.39 is 5.79 Å². The minimum Gasteiger partial charge on any atom is -0.243 e. The first-order chi connectivity index (χ1) is 4.81. The fourth-order valence-electron chi connectivity index (χ4n) is 0.878. The number of benzene rings is 1. The predicted octanol–water partition coefficient (Wildman–Crippen LogP) is 1.89. The number of hydrogen-bond acceptors (Lipinski definition) is 1. The van der Waals surface area contributed by atoms with E-state index in [0.29, 0.717) is 5.56 Å². The molecule has 1 atom stereocenters. The molecule has 1 aromatic rings. The van der Waals surface area contributed by atoms with Gasteiger partial charge >= 0.3 is 0 Å². The summed E-state index contributed by atoms with van der Waals surface area (Å²) in [6.07, 6.45) is 1.31. The van der Waals surface area contributed by atoms with Crippen molar-refractivity contribution in [2.75, 3.05) is 0 Å². The molecule has 0 radical (unpaired) electrons. The maximum atomic E-state index is 13.0. The van der Waals surface area contributed by atoms with E-state index in [9.17, 15) is 4.39 Å². The second-order valence-electron chi connectivity index (χ2n) is 2.30. The Hall–Kier alpha value is -1.18. The zero-order valence-electron chi connectivity index (χ0n) is 5.29. The van der Waals surface area contributed by atoms with Crippen LogP contribution in [-0.4, -0.2) is 6.21 Å². The Labute approximate surface area is 58.2 Å². The van der Waals surface area contributed by atoms with Crippen LogP contribution in [0.2, 0.25) is 0 Å². The summed E-state index contributed by atoms with van der Waals surface area (Å²) in [5, 5.41) is 0. The van der Waals surface area contributed by atoms with Gasteiger partial charge in [0.05, 0.1) is 6.21 Å². The van der Waals surface area contributed by atoms with Crippen LogP contribution in [0.5, 0.6) is 0 Å². The Bertz CT molecular complexity index is 260. The van der Waals surface area contributed by atoms with E-state index in [1.54, 1.807) is 24.3 Å². The van der Waals surface area contributed by atoms with Crippen LogP contribution >= 0.6 is 0 Å². The van der Waals surface area contributed by atoms with Gasteiger partial charge in [0.1, 0.15) is 0 Å². The topological polar surface area (TPSA) is 12.4 Å². The largest absolute Gasteiger partial charge is 0.260 e. The van der Waals surface area contributed by atoms with E-state index in [4.69, 9.17) is 0 Å². The lowest BCUT2D eigenvalue weighted by molar-refractivity contribution is 0.336.